The highest BCUT2D eigenvalue weighted by atomic mass is 31.3. The lowest BCUT2D eigenvalue weighted by Gasteiger charge is -2.48. The number of phosphoric acid groups is 2. The molecule has 20 nitrogen and oxygen atoms in total. The van der Waals surface area contributed by atoms with Crippen molar-refractivity contribution in [3.63, 3.8) is 0 Å². The minimum absolute atomic E-state index is 0.553. The van der Waals surface area contributed by atoms with E-state index in [0.29, 0.717) is 12.8 Å². The molecule has 0 aromatic heterocycles. The Labute approximate surface area is 556 Å². The van der Waals surface area contributed by atoms with Crippen LogP contribution in [-0.2, 0) is 51.1 Å². The van der Waals surface area contributed by atoms with Crippen molar-refractivity contribution in [2.75, 3.05) is 13.2 Å². The van der Waals surface area contributed by atoms with Gasteiger partial charge in [0.25, 0.3) is 15.6 Å². The number of aliphatic hydroxyl groups excluding tert-OH is 4. The standard InChI is InChI=1S/C71H116N2O18P2/c1-48(2)25-15-26-49(3)27-16-28-50(4)29-17-30-51(5)31-18-32-52(6)33-19-34-53(7)35-20-36-54(8)37-21-38-55(9)39-22-40-56(10)41-23-42-57(11)43-24-44-58(12)45-46-86-92(82,83)91-93(84,85)90-71-63(73-60(14)76)65(78)67(61(47-74)87-71)88-70-62(72-59(13)75)64(77)66(79)68(89-70)69(80)81/h25,27,29,31,33,35,37,39,41,43,45,61-68,70-71,74,77-79H,15-24,26,28,30,32,34,36,38,40,42,44,46-47H2,1-14H3,(H,72,75)(H,73,76)(H,80,81)(H,82,83)(H,84,85)/p-3/b49-27-,50-29-,51-31-,52-33-,53-35-,54-37-,55-39-,56-41-,57-43-,58-45-/t61-,62+,63-,64-,65-,66+,67-,68+,70-,71-/m1/s1. The van der Waals surface area contributed by atoms with Crippen LogP contribution in [0.25, 0.3) is 0 Å². The van der Waals surface area contributed by atoms with Crippen molar-refractivity contribution in [3.05, 3.63) is 128 Å². The van der Waals surface area contributed by atoms with Crippen LogP contribution in [0.5, 0.6) is 0 Å². The predicted octanol–water partition coefficient (Wildman–Crippen LogP) is 11.9. The molecule has 0 radical (unpaired) electrons. The van der Waals surface area contributed by atoms with Gasteiger partial charge in [0.05, 0.1) is 19.2 Å². The summed E-state index contributed by atoms with van der Waals surface area (Å²) in [5.74, 6) is -3.69. The van der Waals surface area contributed by atoms with Crippen LogP contribution in [0.4, 0.5) is 0 Å². The molecule has 93 heavy (non-hydrogen) atoms. The number of hydrogen-bond acceptors (Lipinski definition) is 18. The molecule has 6 N–H and O–H groups in total. The molecule has 2 aliphatic rings. The molecule has 2 fully saturated rings. The largest absolute Gasteiger partial charge is 0.756 e. The third-order valence-electron chi connectivity index (χ3n) is 16.2. The van der Waals surface area contributed by atoms with Crippen molar-refractivity contribution >= 4 is 33.4 Å². The summed E-state index contributed by atoms with van der Waals surface area (Å²) in [4.78, 5) is 61.4. The van der Waals surface area contributed by atoms with E-state index < -0.39 is 108 Å². The van der Waals surface area contributed by atoms with Gasteiger partial charge in [0.1, 0.15) is 48.7 Å². The topological polar surface area (TPSA) is 315 Å². The summed E-state index contributed by atoms with van der Waals surface area (Å²) in [6.45, 7) is 26.4. The van der Waals surface area contributed by atoms with E-state index in [4.69, 9.17) is 23.3 Å². The minimum Gasteiger partial charge on any atom is -0.756 e. The molecule has 0 aromatic carbocycles. The van der Waals surface area contributed by atoms with Crippen LogP contribution < -0.4 is 25.5 Å². The summed E-state index contributed by atoms with van der Waals surface area (Å²) in [5.41, 5.74) is 15.0. The number of aliphatic hydroxyl groups is 4. The molecule has 0 aliphatic carbocycles. The summed E-state index contributed by atoms with van der Waals surface area (Å²) in [6, 6.07) is -3.62. The van der Waals surface area contributed by atoms with Gasteiger partial charge in [-0.15, -0.1) is 0 Å². The molecule has 0 spiro atoms. The smallest absolute Gasteiger partial charge is 0.276 e. The molecule has 0 bridgehead atoms. The van der Waals surface area contributed by atoms with Gasteiger partial charge in [-0.1, -0.05) is 128 Å². The van der Waals surface area contributed by atoms with E-state index in [2.05, 4.69) is 152 Å². The highest BCUT2D eigenvalue weighted by molar-refractivity contribution is 7.59. The molecule has 2 rings (SSSR count). The van der Waals surface area contributed by atoms with E-state index >= 15 is 0 Å². The highest BCUT2D eigenvalue weighted by Gasteiger charge is 2.53. The second kappa shape index (κ2) is 45.1. The summed E-state index contributed by atoms with van der Waals surface area (Å²) in [5, 5.41) is 58.5. The van der Waals surface area contributed by atoms with Gasteiger partial charge in [0.2, 0.25) is 11.8 Å². The summed E-state index contributed by atoms with van der Waals surface area (Å²) in [6.07, 6.45) is 29.1. The van der Waals surface area contributed by atoms with Gasteiger partial charge in [0.15, 0.2) is 12.6 Å². The van der Waals surface area contributed by atoms with Crippen molar-refractivity contribution in [2.45, 2.75) is 287 Å². The van der Waals surface area contributed by atoms with Crippen LogP contribution in [-0.4, -0.2) is 113 Å². The number of aliphatic carboxylic acids is 1. The first kappa shape index (κ1) is 84.6. The Balaban J connectivity index is 1.72. The molecule has 2 unspecified atom stereocenters. The molecule has 0 aromatic rings. The SMILES string of the molecule is CC(=O)N[C@@H]1[C@H](O[C@H]2[C@H](O)[C@@H](NC(C)=O)[C@@H](OP(=O)([O-])OP(=O)([O-])OC/C=C(/C)CC/C=C(/C)CC/C=C(/C)CC/C=C(/C)CC/C=C(/C)CC/C=C(/C)CC/C=C(/C)CC/C=C(/C)CC/C=C(/C)CC/C=C(/C)CCC=C(C)C)O[C@@H]2CO)O[C@H](C(=O)[O-])[C@@H](O)[C@@H]1O. The average molecular weight is 1340 g/mol. The Morgan fingerprint density at radius 1 is 0.441 bits per heavy atom. The molecule has 0 saturated carbocycles. The van der Waals surface area contributed by atoms with Crippen LogP contribution in [0.2, 0.25) is 0 Å². The lowest BCUT2D eigenvalue weighted by atomic mass is 9.94. The number of ether oxygens (including phenoxy) is 3. The average Bonchev–Trinajstić information content (AvgIpc) is 0.780. The zero-order valence-corrected chi connectivity index (χ0v) is 59.9. The number of carboxylic acid groups (broad SMARTS) is 1. The molecule has 2 amide bonds. The molecule has 22 heteroatoms. The maximum atomic E-state index is 13.0. The first-order valence-electron chi connectivity index (χ1n) is 32.9. The van der Waals surface area contributed by atoms with Crippen LogP contribution in [0.3, 0.4) is 0 Å². The monoisotopic (exact) mass is 1340 g/mol. The van der Waals surface area contributed by atoms with Crippen molar-refractivity contribution in [1.29, 1.82) is 0 Å². The van der Waals surface area contributed by atoms with E-state index in [0.717, 1.165) is 135 Å². The second-order valence-electron chi connectivity index (χ2n) is 25.5. The maximum Gasteiger partial charge on any atom is 0.276 e. The zero-order valence-electron chi connectivity index (χ0n) is 58.1. The van der Waals surface area contributed by atoms with Crippen LogP contribution in [0.15, 0.2) is 128 Å². The molecule has 2 heterocycles. The fourth-order valence-corrected chi connectivity index (χ4v) is 12.5. The van der Waals surface area contributed by atoms with E-state index in [1.807, 2.05) is 0 Å². The van der Waals surface area contributed by atoms with Gasteiger partial charge in [-0.25, -0.2) is 4.31 Å². The van der Waals surface area contributed by atoms with Crippen LogP contribution >= 0.6 is 15.6 Å². The number of phosphoric ester groups is 2. The Kier molecular flexibility index (Phi) is 41.0. The number of carboxylic acids is 1. The first-order valence-corrected chi connectivity index (χ1v) is 35.9. The van der Waals surface area contributed by atoms with Gasteiger partial charge in [-0.3, -0.25) is 23.2 Å². The minimum atomic E-state index is -5.99. The highest BCUT2D eigenvalue weighted by Crippen LogP contribution is 2.57. The fourth-order valence-electron chi connectivity index (χ4n) is 10.5. The fraction of sp³-hybridized carbons (Fsp3) is 0.648. The molecule has 12 atom stereocenters. The number of carbonyl (C=O) groups excluding carboxylic acids is 3. The molecule has 2 aliphatic heterocycles. The summed E-state index contributed by atoms with van der Waals surface area (Å²) >= 11 is 0. The van der Waals surface area contributed by atoms with Gasteiger partial charge in [-0.2, -0.15) is 0 Å². The van der Waals surface area contributed by atoms with Crippen LogP contribution in [0, 0.1) is 0 Å². The molecular weight excluding hydrogens is 1230 g/mol. The maximum absolute atomic E-state index is 13.0. The van der Waals surface area contributed by atoms with Gasteiger partial charge in [0, 0.05) is 13.8 Å². The second-order valence-corrected chi connectivity index (χ2v) is 28.5. The quantitative estimate of drug-likeness (QED) is 0.0244. The van der Waals surface area contributed by atoms with E-state index in [1.165, 1.54) is 61.8 Å². The number of amides is 2. The number of hydrogen-bond donors (Lipinski definition) is 6. The van der Waals surface area contributed by atoms with Gasteiger partial charge < -0.3 is 69.5 Å². The van der Waals surface area contributed by atoms with Crippen LogP contribution in [0.1, 0.15) is 225 Å². The van der Waals surface area contributed by atoms with Gasteiger partial charge >= 0.3 is 0 Å². The molecule has 2 saturated heterocycles. The number of allylic oxidation sites excluding steroid dienone is 21. The summed E-state index contributed by atoms with van der Waals surface area (Å²) in [7, 11) is -11.6. The van der Waals surface area contributed by atoms with Crippen molar-refractivity contribution in [2.24, 2.45) is 0 Å². The Hall–Kier alpha value is -4.47. The Bertz CT molecular complexity index is 2800. The van der Waals surface area contributed by atoms with Crippen molar-refractivity contribution < 1.29 is 86.4 Å². The zero-order chi connectivity index (χ0) is 69.8. The normalized spacial score (nSPS) is 24.9. The predicted molar refractivity (Wildman–Crippen MR) is 360 cm³/mol. The van der Waals surface area contributed by atoms with E-state index in [-0.39, 0.29) is 0 Å². The molecule has 528 valence electrons. The van der Waals surface area contributed by atoms with E-state index in [1.54, 1.807) is 6.92 Å². The third-order valence-corrected chi connectivity index (χ3v) is 18.7. The van der Waals surface area contributed by atoms with Crippen molar-refractivity contribution in [1.82, 2.24) is 10.6 Å². The van der Waals surface area contributed by atoms with Gasteiger partial charge in [-0.05, 0) is 212 Å². The molecular formula is C71H113N2O18P2-3. The van der Waals surface area contributed by atoms with E-state index in [9.17, 15) is 58.8 Å². The van der Waals surface area contributed by atoms with Crippen molar-refractivity contribution in [3.8, 4) is 0 Å². The lowest BCUT2D eigenvalue weighted by Crippen LogP contribution is -2.70. The lowest BCUT2D eigenvalue weighted by molar-refractivity contribution is -0.354. The first-order chi connectivity index (χ1) is 43.7. The number of nitrogens with one attached hydrogen (secondary N) is 2. The Morgan fingerprint density at radius 2 is 0.753 bits per heavy atom. The number of carbonyl (C=O) groups is 3. The number of rotatable bonds is 43. The third kappa shape index (κ3) is 37.0. The Morgan fingerprint density at radius 3 is 1.05 bits per heavy atom. The summed E-state index contributed by atoms with van der Waals surface area (Å²) < 4.78 is 55.9.